The van der Waals surface area contributed by atoms with E-state index in [4.69, 9.17) is 4.74 Å². The van der Waals surface area contributed by atoms with Crippen LogP contribution in [0, 0.1) is 20.8 Å². The molecule has 0 unspecified atom stereocenters. The number of hydrogen-bond acceptors (Lipinski definition) is 6. The van der Waals surface area contributed by atoms with Gasteiger partial charge in [0.2, 0.25) is 5.13 Å². The minimum absolute atomic E-state index is 0.272. The quantitative estimate of drug-likeness (QED) is 0.353. The molecular weight excluding hydrogens is 370 g/mol. The Kier molecular flexibility index (Phi) is 6.21. The molecule has 0 radical (unpaired) electrons. The first kappa shape index (κ1) is 19.8. The summed E-state index contributed by atoms with van der Waals surface area (Å²) in [5.74, 6) is -0.283. The van der Waals surface area contributed by atoms with E-state index < -0.39 is 0 Å². The maximum absolute atomic E-state index is 11.2. The molecule has 0 amide bonds. The molecule has 0 aliphatic heterocycles. The molecule has 144 valence electrons. The second-order valence-electron chi connectivity index (χ2n) is 6.58. The van der Waals surface area contributed by atoms with Crippen molar-refractivity contribution in [3.05, 3.63) is 69.6 Å². The van der Waals surface area contributed by atoms with Crippen molar-refractivity contribution >= 4 is 28.7 Å². The Balaban J connectivity index is 1.76. The Labute approximate surface area is 169 Å². The molecule has 3 aromatic rings. The number of aryl methyl sites for hydroxylation is 2. The van der Waals surface area contributed by atoms with Crippen LogP contribution in [0.2, 0.25) is 0 Å². The molecule has 3 rings (SSSR count). The first-order valence-electron chi connectivity index (χ1n) is 8.98. The fourth-order valence-electron chi connectivity index (χ4n) is 3.06. The van der Waals surface area contributed by atoms with E-state index in [1.165, 1.54) is 18.3 Å². The Morgan fingerprint density at radius 3 is 2.68 bits per heavy atom. The van der Waals surface area contributed by atoms with Gasteiger partial charge in [-0.15, -0.1) is 11.3 Å². The van der Waals surface area contributed by atoms with Crippen LogP contribution in [0.25, 0.3) is 11.3 Å². The van der Waals surface area contributed by atoms with Crippen molar-refractivity contribution in [2.24, 2.45) is 5.10 Å². The number of esters is 1. The molecular formula is C22H23N3O2S. The SMILES string of the molecule is CC(=O)OCc1c(C)cc(C)c(C=NNc2nc(-c3ccccc3)cs2)c1C. The van der Waals surface area contributed by atoms with Gasteiger partial charge in [0.1, 0.15) is 6.61 Å². The van der Waals surface area contributed by atoms with Crippen LogP contribution in [-0.2, 0) is 16.1 Å². The van der Waals surface area contributed by atoms with Gasteiger partial charge < -0.3 is 4.74 Å². The van der Waals surface area contributed by atoms with Gasteiger partial charge in [-0.2, -0.15) is 5.10 Å². The van der Waals surface area contributed by atoms with E-state index in [0.29, 0.717) is 0 Å². The predicted octanol–water partition coefficient (Wildman–Crippen LogP) is 5.24. The minimum Gasteiger partial charge on any atom is -0.461 e. The van der Waals surface area contributed by atoms with E-state index in [2.05, 4.69) is 21.6 Å². The summed E-state index contributed by atoms with van der Waals surface area (Å²) in [7, 11) is 0. The van der Waals surface area contributed by atoms with Crippen LogP contribution in [0.4, 0.5) is 5.13 Å². The highest BCUT2D eigenvalue weighted by molar-refractivity contribution is 7.14. The third kappa shape index (κ3) is 4.64. The molecule has 0 fully saturated rings. The zero-order valence-electron chi connectivity index (χ0n) is 16.4. The molecule has 28 heavy (non-hydrogen) atoms. The van der Waals surface area contributed by atoms with Gasteiger partial charge in [-0.3, -0.25) is 10.2 Å². The molecule has 2 aromatic carbocycles. The summed E-state index contributed by atoms with van der Waals surface area (Å²) in [6, 6.07) is 12.1. The molecule has 6 heteroatoms. The topological polar surface area (TPSA) is 63.6 Å². The van der Waals surface area contributed by atoms with Crippen molar-refractivity contribution in [3.63, 3.8) is 0 Å². The maximum atomic E-state index is 11.2. The molecule has 0 saturated carbocycles. The van der Waals surface area contributed by atoms with Gasteiger partial charge in [0, 0.05) is 23.4 Å². The summed E-state index contributed by atoms with van der Waals surface area (Å²) in [4.78, 5) is 15.7. The van der Waals surface area contributed by atoms with Gasteiger partial charge >= 0.3 is 5.97 Å². The summed E-state index contributed by atoms with van der Waals surface area (Å²) < 4.78 is 5.20. The van der Waals surface area contributed by atoms with E-state index in [1.807, 2.05) is 56.5 Å². The fraction of sp³-hybridized carbons (Fsp3) is 0.227. The standard InChI is InChI=1S/C22H23N3O2S/c1-14-10-15(2)20(12-27-17(4)26)16(3)19(14)11-23-25-22-24-21(13-28-22)18-8-6-5-7-9-18/h5-11,13H,12H2,1-4H3,(H,24,25). The largest absolute Gasteiger partial charge is 0.461 e. The number of rotatable bonds is 6. The van der Waals surface area contributed by atoms with Gasteiger partial charge in [0.05, 0.1) is 11.9 Å². The second kappa shape index (κ2) is 8.80. The molecule has 0 atom stereocenters. The number of anilines is 1. The van der Waals surface area contributed by atoms with E-state index in [0.717, 1.165) is 44.2 Å². The van der Waals surface area contributed by atoms with Crippen LogP contribution >= 0.6 is 11.3 Å². The van der Waals surface area contributed by atoms with Crippen molar-refractivity contribution in [2.75, 3.05) is 5.43 Å². The smallest absolute Gasteiger partial charge is 0.302 e. The highest BCUT2D eigenvalue weighted by atomic mass is 32.1. The van der Waals surface area contributed by atoms with E-state index in [-0.39, 0.29) is 12.6 Å². The number of hydrogen-bond donors (Lipinski definition) is 1. The van der Waals surface area contributed by atoms with Crippen LogP contribution in [-0.4, -0.2) is 17.2 Å². The number of hydrazone groups is 1. The summed E-state index contributed by atoms with van der Waals surface area (Å²) in [6.07, 6.45) is 1.80. The maximum Gasteiger partial charge on any atom is 0.302 e. The first-order chi connectivity index (χ1) is 13.5. The van der Waals surface area contributed by atoms with Gasteiger partial charge in [-0.05, 0) is 43.0 Å². The van der Waals surface area contributed by atoms with E-state index in [1.54, 1.807) is 6.21 Å². The number of nitrogens with zero attached hydrogens (tertiary/aromatic N) is 2. The monoisotopic (exact) mass is 393 g/mol. The van der Waals surface area contributed by atoms with Crippen molar-refractivity contribution in [3.8, 4) is 11.3 Å². The van der Waals surface area contributed by atoms with E-state index >= 15 is 0 Å². The van der Waals surface area contributed by atoms with Crippen molar-refractivity contribution in [1.82, 2.24) is 4.98 Å². The summed E-state index contributed by atoms with van der Waals surface area (Å²) in [5.41, 5.74) is 10.3. The molecule has 0 aliphatic rings. The van der Waals surface area contributed by atoms with Crippen molar-refractivity contribution in [1.29, 1.82) is 0 Å². The lowest BCUT2D eigenvalue weighted by Gasteiger charge is -2.14. The van der Waals surface area contributed by atoms with Crippen LogP contribution < -0.4 is 5.43 Å². The fourth-order valence-corrected chi connectivity index (χ4v) is 3.73. The number of carbonyl (C=O) groups excluding carboxylic acids is 1. The van der Waals surface area contributed by atoms with Gasteiger partial charge in [0.15, 0.2) is 0 Å². The Hall–Kier alpha value is -2.99. The van der Waals surface area contributed by atoms with Crippen LogP contribution in [0.15, 0.2) is 46.9 Å². The summed E-state index contributed by atoms with van der Waals surface area (Å²) >= 11 is 1.51. The van der Waals surface area contributed by atoms with Crippen LogP contribution in [0.5, 0.6) is 0 Å². The highest BCUT2D eigenvalue weighted by Crippen LogP contribution is 2.25. The van der Waals surface area contributed by atoms with Crippen LogP contribution in [0.1, 0.15) is 34.7 Å². The Morgan fingerprint density at radius 1 is 1.21 bits per heavy atom. The number of aromatic nitrogens is 1. The Morgan fingerprint density at radius 2 is 1.96 bits per heavy atom. The Bertz CT molecular complexity index is 1010. The molecule has 5 nitrogen and oxygen atoms in total. The zero-order chi connectivity index (χ0) is 20.1. The number of thiazole rings is 1. The predicted molar refractivity (Wildman–Crippen MR) is 115 cm³/mol. The van der Waals surface area contributed by atoms with Gasteiger partial charge in [-0.1, -0.05) is 36.4 Å². The zero-order valence-corrected chi connectivity index (χ0v) is 17.3. The lowest BCUT2D eigenvalue weighted by atomic mass is 9.94. The first-order valence-corrected chi connectivity index (χ1v) is 9.86. The lowest BCUT2D eigenvalue weighted by molar-refractivity contribution is -0.142. The van der Waals surface area contributed by atoms with Crippen LogP contribution in [0.3, 0.4) is 0 Å². The average molecular weight is 394 g/mol. The van der Waals surface area contributed by atoms with Crippen molar-refractivity contribution < 1.29 is 9.53 Å². The number of nitrogens with one attached hydrogen (secondary N) is 1. The average Bonchev–Trinajstić information content (AvgIpc) is 3.13. The normalized spacial score (nSPS) is 11.0. The van der Waals surface area contributed by atoms with Gasteiger partial charge in [0.25, 0.3) is 0 Å². The third-order valence-corrected chi connectivity index (χ3v) is 5.28. The summed E-state index contributed by atoms with van der Waals surface area (Å²) in [5, 5.41) is 7.11. The minimum atomic E-state index is -0.283. The molecule has 0 spiro atoms. The molecule has 0 saturated heterocycles. The molecule has 1 heterocycles. The van der Waals surface area contributed by atoms with E-state index in [9.17, 15) is 4.79 Å². The van der Waals surface area contributed by atoms with Gasteiger partial charge in [-0.25, -0.2) is 4.98 Å². The molecule has 1 N–H and O–H groups in total. The third-order valence-electron chi connectivity index (χ3n) is 4.54. The molecule has 1 aromatic heterocycles. The van der Waals surface area contributed by atoms with Crippen molar-refractivity contribution in [2.45, 2.75) is 34.3 Å². The number of carbonyl (C=O) groups is 1. The summed E-state index contributed by atoms with van der Waals surface area (Å²) in [6.45, 7) is 7.79. The second-order valence-corrected chi connectivity index (χ2v) is 7.44. The highest BCUT2D eigenvalue weighted by Gasteiger charge is 2.11. The number of ether oxygens (including phenoxy) is 1. The molecule has 0 aliphatic carbocycles. The number of benzene rings is 2. The molecule has 0 bridgehead atoms. The lowest BCUT2D eigenvalue weighted by Crippen LogP contribution is -2.06.